The van der Waals surface area contributed by atoms with E-state index in [0.29, 0.717) is 23.0 Å². The Morgan fingerprint density at radius 3 is 2.78 bits per heavy atom. The van der Waals surface area contributed by atoms with Crippen molar-refractivity contribution in [3.63, 3.8) is 0 Å². The molecule has 1 unspecified atom stereocenters. The summed E-state index contributed by atoms with van der Waals surface area (Å²) in [6.45, 7) is 4.92. The Balaban J connectivity index is 2.33. The van der Waals surface area contributed by atoms with E-state index in [1.165, 1.54) is 11.3 Å². The standard InChI is InChI=1S/C11H19N3O2S2/c1-8-11(17-9(2)13-8)18(15,16)14-6-4-5-10(14)7-12-3/h10,12H,4-7H2,1-3H3. The molecule has 1 N–H and O–H groups in total. The van der Waals surface area contributed by atoms with Crippen molar-refractivity contribution in [3.05, 3.63) is 10.7 Å². The molecule has 1 aliphatic rings. The highest BCUT2D eigenvalue weighted by Gasteiger charge is 2.36. The van der Waals surface area contributed by atoms with Crippen LogP contribution in [0.15, 0.2) is 4.21 Å². The average Bonchev–Trinajstić information content (AvgIpc) is 2.86. The number of thiazole rings is 1. The summed E-state index contributed by atoms with van der Waals surface area (Å²) in [5, 5.41) is 3.87. The second kappa shape index (κ2) is 5.24. The number of aryl methyl sites for hydroxylation is 2. The van der Waals surface area contributed by atoms with Crippen LogP contribution >= 0.6 is 11.3 Å². The zero-order valence-electron chi connectivity index (χ0n) is 10.9. The topological polar surface area (TPSA) is 62.3 Å². The monoisotopic (exact) mass is 289 g/mol. The number of rotatable bonds is 4. The zero-order chi connectivity index (χ0) is 13.3. The summed E-state index contributed by atoms with van der Waals surface area (Å²) in [6, 6.07) is 0.0711. The predicted octanol–water partition coefficient (Wildman–Crippen LogP) is 1.13. The largest absolute Gasteiger partial charge is 0.318 e. The first-order chi connectivity index (χ1) is 8.46. The van der Waals surface area contributed by atoms with Gasteiger partial charge in [0.1, 0.15) is 0 Å². The predicted molar refractivity (Wildman–Crippen MR) is 72.4 cm³/mol. The summed E-state index contributed by atoms with van der Waals surface area (Å²) in [6.07, 6.45) is 1.86. The average molecular weight is 289 g/mol. The molecular weight excluding hydrogens is 270 g/mol. The highest BCUT2D eigenvalue weighted by Crippen LogP contribution is 2.31. The van der Waals surface area contributed by atoms with Gasteiger partial charge in [0, 0.05) is 19.1 Å². The summed E-state index contributed by atoms with van der Waals surface area (Å²) >= 11 is 1.27. The maximum atomic E-state index is 12.6. The van der Waals surface area contributed by atoms with Crippen LogP contribution in [0, 0.1) is 13.8 Å². The molecule has 1 saturated heterocycles. The van der Waals surface area contributed by atoms with Crippen LogP contribution in [-0.4, -0.2) is 43.9 Å². The number of nitrogens with one attached hydrogen (secondary N) is 1. The maximum Gasteiger partial charge on any atom is 0.254 e. The van der Waals surface area contributed by atoms with Crippen molar-refractivity contribution in [2.75, 3.05) is 20.1 Å². The van der Waals surface area contributed by atoms with Gasteiger partial charge >= 0.3 is 0 Å². The number of hydrogen-bond acceptors (Lipinski definition) is 5. The molecule has 0 amide bonds. The molecule has 0 spiro atoms. The van der Waals surface area contributed by atoms with Crippen LogP contribution in [0.3, 0.4) is 0 Å². The molecule has 1 fully saturated rings. The molecule has 1 aromatic rings. The Morgan fingerprint density at radius 2 is 2.22 bits per heavy atom. The van der Waals surface area contributed by atoms with Crippen molar-refractivity contribution in [2.45, 2.75) is 36.9 Å². The summed E-state index contributed by atoms with van der Waals surface area (Å²) in [5.41, 5.74) is 0.618. The lowest BCUT2D eigenvalue weighted by Crippen LogP contribution is -2.40. The van der Waals surface area contributed by atoms with Gasteiger partial charge in [0.25, 0.3) is 10.0 Å². The molecule has 2 heterocycles. The molecule has 1 aromatic heterocycles. The van der Waals surface area contributed by atoms with Gasteiger partial charge in [-0.3, -0.25) is 0 Å². The van der Waals surface area contributed by atoms with E-state index in [-0.39, 0.29) is 6.04 Å². The van der Waals surface area contributed by atoms with Crippen molar-refractivity contribution in [1.29, 1.82) is 0 Å². The van der Waals surface area contributed by atoms with Gasteiger partial charge in [-0.15, -0.1) is 11.3 Å². The van der Waals surface area contributed by atoms with Gasteiger partial charge < -0.3 is 5.32 Å². The molecule has 1 atom stereocenters. The molecule has 18 heavy (non-hydrogen) atoms. The highest BCUT2D eigenvalue weighted by atomic mass is 32.2. The molecule has 0 saturated carbocycles. The van der Waals surface area contributed by atoms with Gasteiger partial charge in [-0.05, 0) is 33.7 Å². The van der Waals surface area contributed by atoms with Crippen molar-refractivity contribution in [2.24, 2.45) is 0 Å². The second-order valence-electron chi connectivity index (χ2n) is 4.58. The summed E-state index contributed by atoms with van der Waals surface area (Å²) in [7, 11) is -1.52. The number of sulfonamides is 1. The van der Waals surface area contributed by atoms with E-state index in [1.54, 1.807) is 11.2 Å². The fourth-order valence-corrected chi connectivity index (χ4v) is 5.71. The Hall–Kier alpha value is -0.500. The highest BCUT2D eigenvalue weighted by molar-refractivity contribution is 7.91. The van der Waals surface area contributed by atoms with Crippen molar-refractivity contribution >= 4 is 21.4 Å². The van der Waals surface area contributed by atoms with Crippen molar-refractivity contribution < 1.29 is 8.42 Å². The minimum Gasteiger partial charge on any atom is -0.318 e. The fraction of sp³-hybridized carbons (Fsp3) is 0.727. The third-order valence-corrected chi connectivity index (χ3v) is 6.78. The molecule has 2 rings (SSSR count). The quantitative estimate of drug-likeness (QED) is 0.902. The Labute approximate surface area is 112 Å². The number of likely N-dealkylation sites (N-methyl/N-ethyl adjacent to an activating group) is 1. The molecule has 102 valence electrons. The maximum absolute atomic E-state index is 12.6. The SMILES string of the molecule is CNCC1CCCN1S(=O)(=O)c1sc(C)nc1C. The Bertz CT molecular complexity index is 524. The normalized spacial score (nSPS) is 21.6. The molecular formula is C11H19N3O2S2. The number of hydrogen-bond donors (Lipinski definition) is 1. The van der Waals surface area contributed by atoms with Gasteiger partial charge in [-0.25, -0.2) is 13.4 Å². The van der Waals surface area contributed by atoms with Crippen LogP contribution < -0.4 is 5.32 Å². The van der Waals surface area contributed by atoms with Crippen LogP contribution in [0.2, 0.25) is 0 Å². The molecule has 1 aliphatic heterocycles. The van der Waals surface area contributed by atoms with Crippen molar-refractivity contribution in [1.82, 2.24) is 14.6 Å². The van der Waals surface area contributed by atoms with E-state index >= 15 is 0 Å². The van der Waals surface area contributed by atoms with E-state index in [9.17, 15) is 8.42 Å². The third kappa shape index (κ3) is 2.45. The lowest BCUT2D eigenvalue weighted by molar-refractivity contribution is 0.380. The van der Waals surface area contributed by atoms with Crippen LogP contribution in [0.5, 0.6) is 0 Å². The molecule has 7 heteroatoms. The number of aromatic nitrogens is 1. The van der Waals surface area contributed by atoms with Gasteiger partial charge in [0.2, 0.25) is 0 Å². The third-order valence-electron chi connectivity index (χ3n) is 3.17. The number of nitrogens with zero attached hydrogens (tertiary/aromatic N) is 2. The van der Waals surface area contributed by atoms with E-state index in [0.717, 1.165) is 17.8 Å². The molecule has 5 nitrogen and oxygen atoms in total. The van der Waals surface area contributed by atoms with Crippen molar-refractivity contribution in [3.8, 4) is 0 Å². The van der Waals surface area contributed by atoms with E-state index in [1.807, 2.05) is 14.0 Å². The fourth-order valence-electron chi connectivity index (χ4n) is 2.42. The van der Waals surface area contributed by atoms with Crippen LogP contribution in [-0.2, 0) is 10.0 Å². The van der Waals surface area contributed by atoms with Gasteiger partial charge in [-0.2, -0.15) is 4.31 Å². The molecule has 0 bridgehead atoms. The summed E-state index contributed by atoms with van der Waals surface area (Å²) in [4.78, 5) is 4.22. The zero-order valence-corrected chi connectivity index (χ0v) is 12.6. The van der Waals surface area contributed by atoms with E-state index < -0.39 is 10.0 Å². The Kier molecular flexibility index (Phi) is 4.05. The van der Waals surface area contributed by atoms with Gasteiger partial charge in [0.15, 0.2) is 4.21 Å². The van der Waals surface area contributed by atoms with Gasteiger partial charge in [-0.1, -0.05) is 0 Å². The molecule has 0 aliphatic carbocycles. The van der Waals surface area contributed by atoms with Crippen LogP contribution in [0.4, 0.5) is 0 Å². The summed E-state index contributed by atoms with van der Waals surface area (Å²) in [5.74, 6) is 0. The minimum absolute atomic E-state index is 0.0711. The van der Waals surface area contributed by atoms with E-state index in [4.69, 9.17) is 0 Å². The second-order valence-corrected chi connectivity index (χ2v) is 7.86. The van der Waals surface area contributed by atoms with Gasteiger partial charge in [0.05, 0.1) is 10.7 Å². The van der Waals surface area contributed by atoms with Crippen LogP contribution in [0.25, 0.3) is 0 Å². The minimum atomic E-state index is -3.37. The smallest absolute Gasteiger partial charge is 0.254 e. The van der Waals surface area contributed by atoms with E-state index in [2.05, 4.69) is 10.3 Å². The lowest BCUT2D eigenvalue weighted by atomic mass is 10.2. The Morgan fingerprint density at radius 1 is 1.50 bits per heavy atom. The molecule has 0 aromatic carbocycles. The molecule has 0 radical (unpaired) electrons. The first-order valence-electron chi connectivity index (χ1n) is 6.07. The first-order valence-corrected chi connectivity index (χ1v) is 8.33. The first kappa shape index (κ1) is 13.9. The lowest BCUT2D eigenvalue weighted by Gasteiger charge is -2.23. The van der Waals surface area contributed by atoms with Crippen LogP contribution in [0.1, 0.15) is 23.5 Å². The summed E-state index contributed by atoms with van der Waals surface area (Å²) < 4.78 is 27.3.